The standard InChI is InChI=1S/C9H14FOSi2/c1-12(2)11-13(3,10)9-7-5-4-6-8-9/h4-8H,1-3H3. The Bertz CT molecular complexity index is 262. The number of hydrogen-bond acceptors (Lipinski definition) is 1. The second kappa shape index (κ2) is 4.17. The lowest BCUT2D eigenvalue weighted by molar-refractivity contribution is 0.502. The van der Waals surface area contributed by atoms with Crippen LogP contribution in [0.1, 0.15) is 0 Å². The Morgan fingerprint density at radius 3 is 2.23 bits per heavy atom. The maximum atomic E-state index is 14.0. The van der Waals surface area contributed by atoms with Crippen LogP contribution in [0.15, 0.2) is 30.3 Å². The molecular formula is C9H14FOSi2. The molecule has 0 fully saturated rings. The molecule has 0 bridgehead atoms. The van der Waals surface area contributed by atoms with Crippen molar-refractivity contribution in [2.45, 2.75) is 19.6 Å². The molecule has 0 saturated carbocycles. The van der Waals surface area contributed by atoms with Gasteiger partial charge in [0.2, 0.25) is 0 Å². The first-order valence-corrected chi connectivity index (χ1v) is 8.95. The van der Waals surface area contributed by atoms with Crippen molar-refractivity contribution >= 4 is 22.9 Å². The van der Waals surface area contributed by atoms with Crippen molar-refractivity contribution in [3.8, 4) is 0 Å². The van der Waals surface area contributed by atoms with E-state index >= 15 is 0 Å². The normalized spacial score (nSPS) is 15.8. The Labute approximate surface area is 81.6 Å². The summed E-state index contributed by atoms with van der Waals surface area (Å²) in [5.41, 5.74) is 0. The number of halogens is 1. The Kier molecular flexibility index (Phi) is 3.41. The lowest BCUT2D eigenvalue weighted by Gasteiger charge is -2.20. The molecule has 0 amide bonds. The van der Waals surface area contributed by atoms with Crippen molar-refractivity contribution in [2.24, 2.45) is 0 Å². The van der Waals surface area contributed by atoms with E-state index in [2.05, 4.69) is 0 Å². The van der Waals surface area contributed by atoms with Crippen LogP contribution in [-0.2, 0) is 4.12 Å². The summed E-state index contributed by atoms with van der Waals surface area (Å²) in [5.74, 6) is 0. The largest absolute Gasteiger partial charge is 0.430 e. The number of benzene rings is 1. The molecule has 0 heterocycles. The van der Waals surface area contributed by atoms with Gasteiger partial charge in [-0.15, -0.1) is 0 Å². The summed E-state index contributed by atoms with van der Waals surface area (Å²) in [4.78, 5) is 0. The number of rotatable bonds is 3. The first-order chi connectivity index (χ1) is 6.02. The SMILES string of the molecule is C[Si](C)O[Si](C)(F)c1ccccc1. The van der Waals surface area contributed by atoms with Gasteiger partial charge in [-0.25, -0.2) is 0 Å². The van der Waals surface area contributed by atoms with E-state index in [0.717, 1.165) is 5.19 Å². The predicted octanol–water partition coefficient (Wildman–Crippen LogP) is 2.20. The van der Waals surface area contributed by atoms with Gasteiger partial charge < -0.3 is 4.12 Å². The van der Waals surface area contributed by atoms with E-state index in [9.17, 15) is 4.11 Å². The third kappa shape index (κ3) is 3.06. The molecule has 71 valence electrons. The molecule has 4 heteroatoms. The molecule has 1 atom stereocenters. The molecule has 1 aromatic carbocycles. The average Bonchev–Trinajstić information content (AvgIpc) is 2.04. The van der Waals surface area contributed by atoms with E-state index in [1.54, 1.807) is 18.7 Å². The fraction of sp³-hybridized carbons (Fsp3) is 0.333. The zero-order valence-electron chi connectivity index (χ0n) is 8.17. The highest BCUT2D eigenvalue weighted by molar-refractivity contribution is 6.84. The number of hydrogen-bond donors (Lipinski definition) is 0. The first kappa shape index (κ1) is 10.6. The maximum Gasteiger partial charge on any atom is 0.402 e. The van der Waals surface area contributed by atoms with Crippen molar-refractivity contribution in [1.29, 1.82) is 0 Å². The van der Waals surface area contributed by atoms with Crippen molar-refractivity contribution in [3.63, 3.8) is 0 Å². The fourth-order valence-corrected chi connectivity index (χ4v) is 5.50. The minimum atomic E-state index is -3.10. The van der Waals surface area contributed by atoms with Gasteiger partial charge in [-0.05, 0) is 24.8 Å². The molecule has 0 spiro atoms. The third-order valence-electron chi connectivity index (χ3n) is 1.69. The minimum absolute atomic E-state index is 0.723. The molecular weight excluding hydrogens is 199 g/mol. The third-order valence-corrected chi connectivity index (χ3v) is 6.22. The van der Waals surface area contributed by atoms with Gasteiger partial charge in [0, 0.05) is 0 Å². The van der Waals surface area contributed by atoms with E-state index < -0.39 is 17.7 Å². The van der Waals surface area contributed by atoms with Crippen LogP contribution in [0.25, 0.3) is 0 Å². The van der Waals surface area contributed by atoms with Gasteiger partial charge in [-0.3, -0.25) is 4.11 Å². The van der Waals surface area contributed by atoms with Gasteiger partial charge in [-0.2, -0.15) is 0 Å². The van der Waals surface area contributed by atoms with Crippen LogP contribution in [0, 0.1) is 0 Å². The summed E-state index contributed by atoms with van der Waals surface area (Å²) in [5, 5.41) is 0.723. The van der Waals surface area contributed by atoms with Gasteiger partial charge in [0.1, 0.15) is 0 Å². The van der Waals surface area contributed by atoms with Gasteiger partial charge in [-0.1, -0.05) is 30.3 Å². The van der Waals surface area contributed by atoms with Crippen LogP contribution in [0.3, 0.4) is 0 Å². The Morgan fingerprint density at radius 2 is 1.77 bits per heavy atom. The topological polar surface area (TPSA) is 9.23 Å². The van der Waals surface area contributed by atoms with Gasteiger partial charge in [0.05, 0.1) is 0 Å². The van der Waals surface area contributed by atoms with Crippen molar-refractivity contribution in [1.82, 2.24) is 0 Å². The molecule has 0 aliphatic rings. The molecule has 13 heavy (non-hydrogen) atoms. The van der Waals surface area contributed by atoms with Gasteiger partial charge in [0.25, 0.3) is 0 Å². The molecule has 0 saturated heterocycles. The summed E-state index contributed by atoms with van der Waals surface area (Å²) in [6.45, 7) is 5.51. The van der Waals surface area contributed by atoms with Gasteiger partial charge >= 0.3 is 8.65 Å². The minimum Gasteiger partial charge on any atom is -0.430 e. The predicted molar refractivity (Wildman–Crippen MR) is 57.4 cm³/mol. The molecule has 0 aliphatic carbocycles. The highest BCUT2D eigenvalue weighted by atomic mass is 28.4. The van der Waals surface area contributed by atoms with E-state index in [1.807, 2.05) is 31.3 Å². The molecule has 1 nitrogen and oxygen atoms in total. The van der Waals surface area contributed by atoms with Crippen LogP contribution in [0.4, 0.5) is 4.11 Å². The van der Waals surface area contributed by atoms with Crippen LogP contribution in [0.5, 0.6) is 0 Å². The van der Waals surface area contributed by atoms with E-state index in [1.165, 1.54) is 0 Å². The molecule has 1 radical (unpaired) electrons. The Morgan fingerprint density at radius 1 is 1.23 bits per heavy atom. The summed E-state index contributed by atoms with van der Waals surface area (Å²) < 4.78 is 19.4. The van der Waals surface area contributed by atoms with Crippen LogP contribution < -0.4 is 5.19 Å². The Hall–Kier alpha value is -0.456. The van der Waals surface area contributed by atoms with Crippen LogP contribution >= 0.6 is 0 Å². The summed E-state index contributed by atoms with van der Waals surface area (Å²) in [7, 11) is -4.05. The van der Waals surface area contributed by atoms with Crippen LogP contribution in [-0.4, -0.2) is 17.7 Å². The second-order valence-corrected chi connectivity index (χ2v) is 8.34. The van der Waals surface area contributed by atoms with E-state index in [4.69, 9.17) is 4.12 Å². The van der Waals surface area contributed by atoms with Crippen molar-refractivity contribution in [2.75, 3.05) is 0 Å². The van der Waals surface area contributed by atoms with Crippen molar-refractivity contribution in [3.05, 3.63) is 30.3 Å². The monoisotopic (exact) mass is 213 g/mol. The fourth-order valence-electron chi connectivity index (χ4n) is 1.18. The maximum absolute atomic E-state index is 14.0. The van der Waals surface area contributed by atoms with E-state index in [-0.39, 0.29) is 0 Å². The van der Waals surface area contributed by atoms with Gasteiger partial charge in [0.15, 0.2) is 9.04 Å². The summed E-state index contributed by atoms with van der Waals surface area (Å²) >= 11 is 0. The van der Waals surface area contributed by atoms with Crippen molar-refractivity contribution < 1.29 is 8.22 Å². The first-order valence-electron chi connectivity index (χ1n) is 4.26. The Balaban J connectivity index is 2.81. The summed E-state index contributed by atoms with van der Waals surface area (Å²) in [6, 6.07) is 9.19. The molecule has 1 unspecified atom stereocenters. The highest BCUT2D eigenvalue weighted by Gasteiger charge is 2.33. The summed E-state index contributed by atoms with van der Waals surface area (Å²) in [6.07, 6.45) is 0. The lowest BCUT2D eigenvalue weighted by Crippen LogP contribution is -2.46. The lowest BCUT2D eigenvalue weighted by atomic mass is 10.4. The molecule has 1 aromatic rings. The molecule has 1 rings (SSSR count). The molecule has 0 aliphatic heterocycles. The molecule has 0 aromatic heterocycles. The van der Waals surface area contributed by atoms with Crippen LogP contribution in [0.2, 0.25) is 19.6 Å². The highest BCUT2D eigenvalue weighted by Crippen LogP contribution is 2.08. The zero-order chi connectivity index (χ0) is 9.90. The molecule has 0 N–H and O–H groups in total. The average molecular weight is 213 g/mol. The van der Waals surface area contributed by atoms with E-state index in [0.29, 0.717) is 0 Å². The zero-order valence-corrected chi connectivity index (χ0v) is 10.2. The smallest absolute Gasteiger partial charge is 0.402 e. The quantitative estimate of drug-likeness (QED) is 0.552. The second-order valence-electron chi connectivity index (χ2n) is 3.29.